The highest BCUT2D eigenvalue weighted by atomic mass is 19.1. The summed E-state index contributed by atoms with van der Waals surface area (Å²) in [7, 11) is 0. The molecule has 0 amide bonds. The second-order valence-electron chi connectivity index (χ2n) is 4.57. The van der Waals surface area contributed by atoms with E-state index in [0.29, 0.717) is 0 Å². The fourth-order valence-corrected chi connectivity index (χ4v) is 1.77. The average molecular weight is 268 g/mol. The smallest absolute Gasteiger partial charge is 0.323 e. The molecule has 0 atom stereocenters. The number of rotatable bonds is 5. The predicted octanol–water partition coefficient (Wildman–Crippen LogP) is 2.38. The Labute approximate surface area is 109 Å². The lowest BCUT2D eigenvalue weighted by atomic mass is 10.1. The van der Waals surface area contributed by atoms with Gasteiger partial charge in [0, 0.05) is 6.54 Å². The second-order valence-corrected chi connectivity index (χ2v) is 4.57. The lowest BCUT2D eigenvalue weighted by Gasteiger charge is -2.25. The summed E-state index contributed by atoms with van der Waals surface area (Å²) in [6.45, 7) is 3.33. The Morgan fingerprint density at radius 3 is 2.32 bits per heavy atom. The lowest BCUT2D eigenvalue weighted by Crippen LogP contribution is -2.34. The molecule has 0 aliphatic heterocycles. The van der Waals surface area contributed by atoms with Crippen molar-refractivity contribution in [1.29, 1.82) is 5.26 Å². The molecule has 0 aliphatic carbocycles. The molecule has 0 radical (unpaired) electrons. The third-order valence-corrected chi connectivity index (χ3v) is 2.37. The van der Waals surface area contributed by atoms with Crippen LogP contribution in [0, 0.1) is 28.9 Å². The summed E-state index contributed by atoms with van der Waals surface area (Å²) >= 11 is 0. The van der Waals surface area contributed by atoms with Gasteiger partial charge in [-0.15, -0.1) is 0 Å². The molecular formula is C13H14F2N2O2. The van der Waals surface area contributed by atoms with Crippen LogP contribution in [-0.2, 0) is 4.79 Å². The first-order chi connectivity index (χ1) is 8.85. The van der Waals surface area contributed by atoms with Gasteiger partial charge in [-0.2, -0.15) is 5.26 Å². The van der Waals surface area contributed by atoms with Gasteiger partial charge in [0.1, 0.15) is 12.2 Å². The molecule has 0 fully saturated rings. The second kappa shape index (κ2) is 6.14. The number of carboxylic acid groups (broad SMARTS) is 1. The highest BCUT2D eigenvalue weighted by Crippen LogP contribution is 2.25. The first-order valence-corrected chi connectivity index (χ1v) is 5.71. The van der Waals surface area contributed by atoms with Crippen LogP contribution in [0.2, 0.25) is 0 Å². The third kappa shape index (κ3) is 3.91. The van der Waals surface area contributed by atoms with Gasteiger partial charge in [0.2, 0.25) is 0 Å². The third-order valence-electron chi connectivity index (χ3n) is 2.37. The zero-order chi connectivity index (χ0) is 14.6. The van der Waals surface area contributed by atoms with Crippen LogP contribution in [-0.4, -0.2) is 24.2 Å². The zero-order valence-electron chi connectivity index (χ0n) is 10.7. The van der Waals surface area contributed by atoms with Crippen molar-refractivity contribution in [2.45, 2.75) is 13.8 Å². The van der Waals surface area contributed by atoms with E-state index >= 15 is 0 Å². The van der Waals surface area contributed by atoms with Crippen molar-refractivity contribution in [2.75, 3.05) is 18.0 Å². The summed E-state index contributed by atoms with van der Waals surface area (Å²) in [4.78, 5) is 11.9. The van der Waals surface area contributed by atoms with Gasteiger partial charge in [-0.3, -0.25) is 4.79 Å². The van der Waals surface area contributed by atoms with Gasteiger partial charge >= 0.3 is 5.97 Å². The molecule has 19 heavy (non-hydrogen) atoms. The fourth-order valence-electron chi connectivity index (χ4n) is 1.77. The van der Waals surface area contributed by atoms with Gasteiger partial charge in [-0.1, -0.05) is 13.8 Å². The molecular weight excluding hydrogens is 254 g/mol. The normalized spacial score (nSPS) is 10.3. The molecule has 102 valence electrons. The van der Waals surface area contributed by atoms with Crippen molar-refractivity contribution in [2.24, 2.45) is 5.92 Å². The number of carboxylic acids is 1. The first kappa shape index (κ1) is 14.9. The highest BCUT2D eigenvalue weighted by Gasteiger charge is 2.21. The van der Waals surface area contributed by atoms with Crippen LogP contribution in [0.5, 0.6) is 0 Å². The van der Waals surface area contributed by atoms with E-state index in [2.05, 4.69) is 0 Å². The molecule has 6 heteroatoms. The maximum atomic E-state index is 13.8. The number of hydrogen-bond acceptors (Lipinski definition) is 3. The Morgan fingerprint density at radius 1 is 1.42 bits per heavy atom. The van der Waals surface area contributed by atoms with E-state index in [1.165, 1.54) is 0 Å². The topological polar surface area (TPSA) is 64.3 Å². The monoisotopic (exact) mass is 268 g/mol. The molecule has 4 nitrogen and oxygen atoms in total. The minimum atomic E-state index is -1.18. The fraction of sp³-hybridized carbons (Fsp3) is 0.385. The van der Waals surface area contributed by atoms with Crippen molar-refractivity contribution < 1.29 is 18.7 Å². The quantitative estimate of drug-likeness (QED) is 0.890. The Balaban J connectivity index is 3.22. The average Bonchev–Trinajstić information content (AvgIpc) is 2.25. The molecule has 0 saturated heterocycles. The van der Waals surface area contributed by atoms with Gasteiger partial charge in [0.15, 0.2) is 11.6 Å². The van der Waals surface area contributed by atoms with Crippen LogP contribution in [0.15, 0.2) is 12.1 Å². The maximum Gasteiger partial charge on any atom is 0.323 e. The number of nitriles is 1. The molecule has 0 unspecified atom stereocenters. The van der Waals surface area contributed by atoms with Gasteiger partial charge in [0.05, 0.1) is 11.6 Å². The molecule has 1 N–H and O–H groups in total. The number of aliphatic carboxylic acids is 1. The van der Waals surface area contributed by atoms with Crippen LogP contribution in [0.1, 0.15) is 19.4 Å². The molecule has 0 aliphatic rings. The highest BCUT2D eigenvalue weighted by molar-refractivity contribution is 5.74. The summed E-state index contributed by atoms with van der Waals surface area (Å²) < 4.78 is 27.6. The number of halogens is 2. The summed E-state index contributed by atoms with van der Waals surface area (Å²) in [5.74, 6) is -3.01. The largest absolute Gasteiger partial charge is 0.480 e. The van der Waals surface area contributed by atoms with Crippen LogP contribution >= 0.6 is 0 Å². The number of carbonyl (C=O) groups is 1. The predicted molar refractivity (Wildman–Crippen MR) is 65.8 cm³/mol. The minimum absolute atomic E-state index is 0.0359. The summed E-state index contributed by atoms with van der Waals surface area (Å²) in [6, 6.07) is 3.43. The molecule has 1 rings (SSSR count). The van der Waals surface area contributed by atoms with Crippen LogP contribution in [0.4, 0.5) is 14.5 Å². The molecule has 1 aromatic rings. The van der Waals surface area contributed by atoms with E-state index in [1.807, 2.05) is 13.8 Å². The van der Waals surface area contributed by atoms with Crippen molar-refractivity contribution in [1.82, 2.24) is 0 Å². The maximum absolute atomic E-state index is 13.8. The molecule has 1 aromatic carbocycles. The van der Waals surface area contributed by atoms with Crippen LogP contribution in [0.25, 0.3) is 0 Å². The van der Waals surface area contributed by atoms with Gasteiger partial charge < -0.3 is 10.0 Å². The Morgan fingerprint density at radius 2 is 1.95 bits per heavy atom. The first-order valence-electron chi connectivity index (χ1n) is 5.71. The Kier molecular flexibility index (Phi) is 4.81. The van der Waals surface area contributed by atoms with E-state index < -0.39 is 29.8 Å². The number of benzene rings is 1. The standard InChI is InChI=1S/C13H14F2N2O2/c1-8(2)6-17(7-12(18)19)13-10(14)3-9(5-16)4-11(13)15/h3-4,8H,6-7H2,1-2H3,(H,18,19). The summed E-state index contributed by atoms with van der Waals surface area (Å²) in [6.07, 6.45) is 0. The SMILES string of the molecule is CC(C)CN(CC(=O)O)c1c(F)cc(C#N)cc1F. The number of anilines is 1. The van der Waals surface area contributed by atoms with E-state index in [0.717, 1.165) is 17.0 Å². The van der Waals surface area contributed by atoms with E-state index in [1.54, 1.807) is 6.07 Å². The van der Waals surface area contributed by atoms with Gasteiger partial charge in [0.25, 0.3) is 0 Å². The zero-order valence-corrected chi connectivity index (χ0v) is 10.7. The molecule has 0 saturated carbocycles. The van der Waals surface area contributed by atoms with Crippen molar-refractivity contribution in [3.05, 3.63) is 29.3 Å². The van der Waals surface area contributed by atoms with Crippen molar-refractivity contribution >= 4 is 11.7 Å². The van der Waals surface area contributed by atoms with E-state index in [9.17, 15) is 13.6 Å². The number of nitrogens with zero attached hydrogens (tertiary/aromatic N) is 2. The molecule has 0 aromatic heterocycles. The minimum Gasteiger partial charge on any atom is -0.480 e. The number of hydrogen-bond donors (Lipinski definition) is 1. The Bertz CT molecular complexity index is 501. The van der Waals surface area contributed by atoms with Crippen LogP contribution < -0.4 is 4.90 Å². The van der Waals surface area contributed by atoms with Crippen molar-refractivity contribution in [3.63, 3.8) is 0 Å². The summed E-state index contributed by atoms with van der Waals surface area (Å²) in [5.41, 5.74) is -0.548. The van der Waals surface area contributed by atoms with E-state index in [-0.39, 0.29) is 18.0 Å². The lowest BCUT2D eigenvalue weighted by molar-refractivity contribution is -0.135. The Hall–Kier alpha value is -2.16. The molecule has 0 bridgehead atoms. The molecule has 0 spiro atoms. The summed E-state index contributed by atoms with van der Waals surface area (Å²) in [5, 5.41) is 17.4. The van der Waals surface area contributed by atoms with Gasteiger partial charge in [-0.25, -0.2) is 8.78 Å². The van der Waals surface area contributed by atoms with Gasteiger partial charge in [-0.05, 0) is 18.1 Å². The van der Waals surface area contributed by atoms with Crippen LogP contribution in [0.3, 0.4) is 0 Å². The molecule has 0 heterocycles. The van der Waals surface area contributed by atoms with E-state index in [4.69, 9.17) is 10.4 Å². The van der Waals surface area contributed by atoms with Crippen molar-refractivity contribution in [3.8, 4) is 6.07 Å².